The fourth-order valence-electron chi connectivity index (χ4n) is 3.22. The summed E-state index contributed by atoms with van der Waals surface area (Å²) in [7, 11) is 0. The molecule has 21 heavy (non-hydrogen) atoms. The molecular formula is C21H28. The summed E-state index contributed by atoms with van der Waals surface area (Å²) in [6.45, 7) is 13.4. The minimum Gasteiger partial charge on any atom is -0.0613 e. The lowest BCUT2D eigenvalue weighted by atomic mass is 9.92. The first-order valence-corrected chi connectivity index (χ1v) is 8.08. The molecule has 0 heteroatoms. The summed E-state index contributed by atoms with van der Waals surface area (Å²) >= 11 is 0. The van der Waals surface area contributed by atoms with Gasteiger partial charge in [0.25, 0.3) is 0 Å². The molecule has 0 atom stereocenters. The quantitative estimate of drug-likeness (QED) is 0.686. The molecule has 0 heterocycles. The third kappa shape index (κ3) is 3.56. The van der Waals surface area contributed by atoms with Gasteiger partial charge in [0.05, 0.1) is 0 Å². The van der Waals surface area contributed by atoms with Crippen LogP contribution in [0.15, 0.2) is 24.3 Å². The molecule has 0 aromatic heterocycles. The molecular weight excluding hydrogens is 252 g/mol. The summed E-state index contributed by atoms with van der Waals surface area (Å²) in [4.78, 5) is 0. The fourth-order valence-corrected chi connectivity index (χ4v) is 3.22. The predicted octanol–water partition coefficient (Wildman–Crippen LogP) is 5.58. The van der Waals surface area contributed by atoms with Crippen molar-refractivity contribution in [3.63, 3.8) is 0 Å². The summed E-state index contributed by atoms with van der Waals surface area (Å²) in [6.07, 6.45) is 3.40. The molecule has 0 unspecified atom stereocenters. The zero-order valence-corrected chi connectivity index (χ0v) is 14.4. The van der Waals surface area contributed by atoms with E-state index in [-0.39, 0.29) is 0 Å². The molecule has 0 radical (unpaired) electrons. The van der Waals surface area contributed by atoms with E-state index in [1.165, 1.54) is 44.5 Å². The van der Waals surface area contributed by atoms with Crippen molar-refractivity contribution in [2.75, 3.05) is 0 Å². The Kier molecular flexibility index (Phi) is 4.88. The molecule has 0 saturated heterocycles. The van der Waals surface area contributed by atoms with E-state index in [2.05, 4.69) is 65.8 Å². The number of aryl methyl sites for hydroxylation is 6. The highest BCUT2D eigenvalue weighted by Crippen LogP contribution is 2.21. The molecule has 0 aliphatic rings. The summed E-state index contributed by atoms with van der Waals surface area (Å²) in [5.74, 6) is 0. The average Bonchev–Trinajstić information content (AvgIpc) is 2.43. The van der Waals surface area contributed by atoms with E-state index in [0.717, 1.165) is 19.3 Å². The normalized spacial score (nSPS) is 11.0. The second kappa shape index (κ2) is 6.47. The third-order valence-corrected chi connectivity index (χ3v) is 4.81. The Morgan fingerprint density at radius 3 is 1.57 bits per heavy atom. The Labute approximate surface area is 130 Å². The molecule has 0 aliphatic carbocycles. The van der Waals surface area contributed by atoms with E-state index in [4.69, 9.17) is 0 Å². The second-order valence-corrected chi connectivity index (χ2v) is 6.42. The lowest BCUT2D eigenvalue weighted by Crippen LogP contribution is -2.00. The minimum absolute atomic E-state index is 1.12. The summed E-state index contributed by atoms with van der Waals surface area (Å²) in [6, 6.07) is 9.42. The molecule has 0 nitrogen and oxygen atoms in total. The summed E-state index contributed by atoms with van der Waals surface area (Å²) in [5, 5.41) is 0. The van der Waals surface area contributed by atoms with Gasteiger partial charge in [0.2, 0.25) is 0 Å². The van der Waals surface area contributed by atoms with Gasteiger partial charge in [-0.3, -0.25) is 0 Å². The molecule has 0 spiro atoms. The van der Waals surface area contributed by atoms with Crippen LogP contribution in [-0.4, -0.2) is 0 Å². The minimum atomic E-state index is 1.12. The molecule has 2 aromatic rings. The topological polar surface area (TPSA) is 0 Å². The number of hydrogen-bond donors (Lipinski definition) is 0. The molecule has 2 rings (SSSR count). The Balaban J connectivity index is 2.21. The first kappa shape index (κ1) is 15.8. The third-order valence-electron chi connectivity index (χ3n) is 4.81. The van der Waals surface area contributed by atoms with Gasteiger partial charge < -0.3 is 0 Å². The molecule has 112 valence electrons. The molecule has 0 N–H and O–H groups in total. The Bertz CT molecular complexity index is 601. The molecule has 0 fully saturated rings. The zero-order valence-electron chi connectivity index (χ0n) is 14.4. The first-order valence-electron chi connectivity index (χ1n) is 8.08. The van der Waals surface area contributed by atoms with Crippen molar-refractivity contribution in [2.45, 2.75) is 60.8 Å². The second-order valence-electron chi connectivity index (χ2n) is 6.42. The highest BCUT2D eigenvalue weighted by atomic mass is 14.1. The van der Waals surface area contributed by atoms with Gasteiger partial charge in [-0.1, -0.05) is 31.2 Å². The summed E-state index contributed by atoms with van der Waals surface area (Å²) < 4.78 is 0. The highest BCUT2D eigenvalue weighted by Gasteiger charge is 2.07. The highest BCUT2D eigenvalue weighted by molar-refractivity contribution is 5.40. The van der Waals surface area contributed by atoms with E-state index >= 15 is 0 Å². The Hall–Kier alpha value is -1.56. The number of hydrogen-bond acceptors (Lipinski definition) is 0. The largest absolute Gasteiger partial charge is 0.0613 e. The molecule has 0 amide bonds. The van der Waals surface area contributed by atoms with Crippen LogP contribution >= 0.6 is 0 Å². The maximum atomic E-state index is 2.36. The van der Waals surface area contributed by atoms with Crippen molar-refractivity contribution in [1.29, 1.82) is 0 Å². The molecule has 0 saturated carbocycles. The van der Waals surface area contributed by atoms with Crippen LogP contribution < -0.4 is 0 Å². The van der Waals surface area contributed by atoms with E-state index in [1.54, 1.807) is 0 Å². The maximum Gasteiger partial charge on any atom is -0.0233 e. The van der Waals surface area contributed by atoms with Gasteiger partial charge in [-0.25, -0.2) is 0 Å². The van der Waals surface area contributed by atoms with Crippen LogP contribution in [0.1, 0.15) is 51.4 Å². The average molecular weight is 280 g/mol. The lowest BCUT2D eigenvalue weighted by molar-refractivity contribution is 0.927. The van der Waals surface area contributed by atoms with Gasteiger partial charge in [-0.05, 0) is 98.4 Å². The number of benzene rings is 2. The van der Waals surface area contributed by atoms with Crippen molar-refractivity contribution in [3.05, 3.63) is 68.8 Å². The van der Waals surface area contributed by atoms with Crippen LogP contribution in [0.3, 0.4) is 0 Å². The van der Waals surface area contributed by atoms with Gasteiger partial charge in [-0.2, -0.15) is 0 Å². The zero-order chi connectivity index (χ0) is 15.6. The SMILES string of the molecule is CCc1cc(C)c(CCc2cc(C)c(C)c(C)c2)c(C)c1. The Morgan fingerprint density at radius 2 is 1.10 bits per heavy atom. The van der Waals surface area contributed by atoms with Crippen LogP contribution in [0, 0.1) is 34.6 Å². The van der Waals surface area contributed by atoms with Crippen LogP contribution in [0.5, 0.6) is 0 Å². The van der Waals surface area contributed by atoms with Crippen molar-refractivity contribution >= 4 is 0 Å². The van der Waals surface area contributed by atoms with Gasteiger partial charge in [0.1, 0.15) is 0 Å². The molecule has 2 aromatic carbocycles. The van der Waals surface area contributed by atoms with E-state index in [9.17, 15) is 0 Å². The molecule has 0 aliphatic heterocycles. The number of rotatable bonds is 4. The van der Waals surface area contributed by atoms with E-state index in [0.29, 0.717) is 0 Å². The predicted molar refractivity (Wildman–Crippen MR) is 93.4 cm³/mol. The van der Waals surface area contributed by atoms with Crippen molar-refractivity contribution < 1.29 is 0 Å². The van der Waals surface area contributed by atoms with E-state index in [1.807, 2.05) is 0 Å². The van der Waals surface area contributed by atoms with Crippen LogP contribution in [0.4, 0.5) is 0 Å². The van der Waals surface area contributed by atoms with Gasteiger partial charge in [-0.15, -0.1) is 0 Å². The monoisotopic (exact) mass is 280 g/mol. The molecule has 0 bridgehead atoms. The van der Waals surface area contributed by atoms with Crippen molar-refractivity contribution in [2.24, 2.45) is 0 Å². The van der Waals surface area contributed by atoms with Crippen LogP contribution in [-0.2, 0) is 19.3 Å². The lowest BCUT2D eigenvalue weighted by Gasteiger charge is -2.14. The Morgan fingerprint density at radius 1 is 0.619 bits per heavy atom. The summed E-state index contributed by atoms with van der Waals surface area (Å²) in [5.41, 5.74) is 11.6. The smallest absolute Gasteiger partial charge is 0.0233 e. The van der Waals surface area contributed by atoms with Crippen LogP contribution in [0.2, 0.25) is 0 Å². The van der Waals surface area contributed by atoms with Gasteiger partial charge in [0, 0.05) is 0 Å². The fraction of sp³-hybridized carbons (Fsp3) is 0.429. The van der Waals surface area contributed by atoms with Crippen LogP contribution in [0.25, 0.3) is 0 Å². The first-order chi connectivity index (χ1) is 9.92. The van der Waals surface area contributed by atoms with Crippen molar-refractivity contribution in [3.8, 4) is 0 Å². The maximum absolute atomic E-state index is 2.36. The van der Waals surface area contributed by atoms with Crippen molar-refractivity contribution in [1.82, 2.24) is 0 Å². The standard InChI is InChI=1S/C21H28/c1-7-19-12-16(4)21(17(5)13-19)9-8-20-10-14(2)18(6)15(3)11-20/h10-13H,7-9H2,1-6H3. The van der Waals surface area contributed by atoms with E-state index < -0.39 is 0 Å². The van der Waals surface area contributed by atoms with Gasteiger partial charge >= 0.3 is 0 Å². The van der Waals surface area contributed by atoms with Gasteiger partial charge in [0.15, 0.2) is 0 Å².